The van der Waals surface area contributed by atoms with Gasteiger partial charge in [0, 0.05) is 13.1 Å². The van der Waals surface area contributed by atoms with Crippen molar-refractivity contribution in [3.05, 3.63) is 71.8 Å². The average molecular weight is 479 g/mol. The van der Waals surface area contributed by atoms with Crippen LogP contribution in [0.25, 0.3) is 0 Å². The third-order valence-corrected chi connectivity index (χ3v) is 6.03. The van der Waals surface area contributed by atoms with Gasteiger partial charge in [-0.2, -0.15) is 43.8 Å². The molecule has 13 heteroatoms. The van der Waals surface area contributed by atoms with E-state index in [1.807, 2.05) is 0 Å². The van der Waals surface area contributed by atoms with Crippen LogP contribution in [-0.4, -0.2) is 36.0 Å². The summed E-state index contributed by atoms with van der Waals surface area (Å²) in [6, 6.07) is 13.3. The van der Waals surface area contributed by atoms with Crippen LogP contribution in [0.2, 0.25) is 0 Å². The highest BCUT2D eigenvalue weighted by molar-refractivity contribution is 7.90. The standard InChI is InChI=1S/C18H14F9NO2S/c19-15(20,17(23,24)25)16(21,22)18(26,27)31(29,30)28(11-13-7-3-1-4-8-13)12-14-9-5-2-6-10-14/h1-10H,11-12H2. The molecule has 0 spiro atoms. The summed E-state index contributed by atoms with van der Waals surface area (Å²) in [5.74, 6) is -14.6. The van der Waals surface area contributed by atoms with E-state index in [-0.39, 0.29) is 15.4 Å². The quantitative estimate of drug-likeness (QED) is 0.473. The Labute approximate surface area is 171 Å². The minimum atomic E-state index is -7.32. The van der Waals surface area contributed by atoms with E-state index in [1.54, 1.807) is 0 Å². The van der Waals surface area contributed by atoms with Crippen LogP contribution in [0.3, 0.4) is 0 Å². The van der Waals surface area contributed by atoms with Gasteiger partial charge in [-0.05, 0) is 11.1 Å². The minimum Gasteiger partial charge on any atom is -0.206 e. The Kier molecular flexibility index (Phi) is 6.72. The van der Waals surface area contributed by atoms with Gasteiger partial charge in [-0.25, -0.2) is 8.42 Å². The van der Waals surface area contributed by atoms with Crippen LogP contribution in [0.5, 0.6) is 0 Å². The number of hydrogen-bond donors (Lipinski definition) is 0. The lowest BCUT2D eigenvalue weighted by Gasteiger charge is -2.35. The lowest BCUT2D eigenvalue weighted by molar-refractivity contribution is -0.382. The van der Waals surface area contributed by atoms with Gasteiger partial charge in [-0.3, -0.25) is 0 Å². The van der Waals surface area contributed by atoms with Crippen LogP contribution in [0.15, 0.2) is 60.7 Å². The molecule has 0 aliphatic rings. The van der Waals surface area contributed by atoms with Crippen LogP contribution in [0, 0.1) is 0 Å². The van der Waals surface area contributed by atoms with Gasteiger partial charge < -0.3 is 0 Å². The summed E-state index contributed by atoms with van der Waals surface area (Å²) >= 11 is 0. The van der Waals surface area contributed by atoms with Gasteiger partial charge in [0.2, 0.25) is 0 Å². The number of alkyl halides is 9. The molecule has 2 aromatic rings. The summed E-state index contributed by atoms with van der Waals surface area (Å²) < 4.78 is 144. The zero-order valence-corrected chi connectivity index (χ0v) is 16.1. The molecule has 0 unspecified atom stereocenters. The van der Waals surface area contributed by atoms with Gasteiger partial charge in [0.15, 0.2) is 0 Å². The second-order valence-corrected chi connectivity index (χ2v) is 8.39. The molecule has 0 heterocycles. The summed E-state index contributed by atoms with van der Waals surface area (Å²) in [4.78, 5) is 0. The first-order valence-electron chi connectivity index (χ1n) is 8.33. The number of nitrogens with zero attached hydrogens (tertiary/aromatic N) is 1. The third kappa shape index (κ3) is 4.52. The SMILES string of the molecule is O=S(=O)(N(Cc1ccccc1)Cc1ccccc1)C(F)(F)C(F)(F)C(F)(F)C(F)(F)F. The molecule has 31 heavy (non-hydrogen) atoms. The topological polar surface area (TPSA) is 37.4 Å². The summed E-state index contributed by atoms with van der Waals surface area (Å²) in [5, 5.41) is -6.79. The van der Waals surface area contributed by atoms with E-state index in [2.05, 4.69) is 0 Å². The summed E-state index contributed by atoms with van der Waals surface area (Å²) in [6.45, 7) is -1.97. The fourth-order valence-corrected chi connectivity index (χ4v) is 3.90. The number of sulfonamides is 1. The van der Waals surface area contributed by atoms with Crippen LogP contribution in [-0.2, 0) is 23.1 Å². The smallest absolute Gasteiger partial charge is 0.206 e. The van der Waals surface area contributed by atoms with E-state index < -0.39 is 46.4 Å². The van der Waals surface area contributed by atoms with E-state index in [4.69, 9.17) is 0 Å². The van der Waals surface area contributed by atoms with E-state index in [9.17, 15) is 47.9 Å². The average Bonchev–Trinajstić information content (AvgIpc) is 2.67. The van der Waals surface area contributed by atoms with Crippen molar-refractivity contribution in [2.24, 2.45) is 0 Å². The lowest BCUT2D eigenvalue weighted by Crippen LogP contribution is -2.65. The number of benzene rings is 2. The Morgan fingerprint density at radius 1 is 0.613 bits per heavy atom. The third-order valence-electron chi connectivity index (χ3n) is 4.18. The molecule has 0 bridgehead atoms. The fraction of sp³-hybridized carbons (Fsp3) is 0.333. The van der Waals surface area contributed by atoms with Crippen molar-refractivity contribution in [3.63, 3.8) is 0 Å². The molecule has 0 aliphatic heterocycles. The second-order valence-electron chi connectivity index (χ2n) is 6.41. The first-order chi connectivity index (χ1) is 14.1. The second kappa shape index (κ2) is 8.34. The van der Waals surface area contributed by atoms with E-state index in [0.29, 0.717) is 0 Å². The van der Waals surface area contributed by atoms with Gasteiger partial charge in [-0.15, -0.1) is 0 Å². The highest BCUT2D eigenvalue weighted by Crippen LogP contribution is 2.55. The lowest BCUT2D eigenvalue weighted by atomic mass is 10.1. The maximum atomic E-state index is 14.3. The van der Waals surface area contributed by atoms with Crippen LogP contribution >= 0.6 is 0 Å². The maximum absolute atomic E-state index is 14.3. The molecule has 3 nitrogen and oxygen atoms in total. The van der Waals surface area contributed by atoms with Gasteiger partial charge >= 0.3 is 23.3 Å². The molecule has 172 valence electrons. The molecule has 0 aliphatic carbocycles. The summed E-state index contributed by atoms with van der Waals surface area (Å²) in [5.41, 5.74) is 0.00686. The van der Waals surface area contributed by atoms with Crippen molar-refractivity contribution in [1.82, 2.24) is 4.31 Å². The monoisotopic (exact) mass is 479 g/mol. The first-order valence-corrected chi connectivity index (χ1v) is 9.77. The van der Waals surface area contributed by atoms with E-state index in [1.165, 1.54) is 60.7 Å². The predicted molar refractivity (Wildman–Crippen MR) is 91.9 cm³/mol. The van der Waals surface area contributed by atoms with Crippen LogP contribution in [0.4, 0.5) is 39.5 Å². The van der Waals surface area contributed by atoms with Crippen molar-refractivity contribution < 1.29 is 47.9 Å². The predicted octanol–water partition coefficient (Wildman–Crippen LogP) is 5.44. The van der Waals surface area contributed by atoms with Crippen molar-refractivity contribution >= 4 is 10.0 Å². The Morgan fingerprint density at radius 2 is 0.968 bits per heavy atom. The van der Waals surface area contributed by atoms with Gasteiger partial charge in [0.25, 0.3) is 10.0 Å². The molecule has 0 N–H and O–H groups in total. The molecular weight excluding hydrogens is 465 g/mol. The molecule has 0 radical (unpaired) electrons. The largest absolute Gasteiger partial charge is 0.460 e. The Morgan fingerprint density at radius 3 is 1.29 bits per heavy atom. The summed E-state index contributed by atoms with van der Waals surface area (Å²) in [7, 11) is -6.73. The van der Waals surface area contributed by atoms with E-state index >= 15 is 0 Å². The number of rotatable bonds is 8. The number of hydrogen-bond acceptors (Lipinski definition) is 2. The highest BCUT2D eigenvalue weighted by atomic mass is 32.2. The Hall–Kier alpha value is -2.28. The molecule has 0 saturated heterocycles. The molecule has 2 rings (SSSR count). The fourth-order valence-electron chi connectivity index (χ4n) is 2.48. The molecule has 0 aromatic heterocycles. The van der Waals surface area contributed by atoms with Gasteiger partial charge in [0.05, 0.1) is 0 Å². The molecule has 0 saturated carbocycles. The number of halogens is 9. The maximum Gasteiger partial charge on any atom is 0.460 e. The minimum absolute atomic E-state index is 0.00343. The molecule has 0 fully saturated rings. The Bertz CT molecular complexity index is 937. The van der Waals surface area contributed by atoms with Crippen LogP contribution in [0.1, 0.15) is 11.1 Å². The summed E-state index contributed by atoms with van der Waals surface area (Å²) in [6.07, 6.45) is -7.13. The normalized spacial score (nSPS) is 14.1. The van der Waals surface area contributed by atoms with Crippen LogP contribution < -0.4 is 0 Å². The van der Waals surface area contributed by atoms with Crippen molar-refractivity contribution in [1.29, 1.82) is 0 Å². The van der Waals surface area contributed by atoms with E-state index in [0.717, 1.165) is 0 Å². The molecule has 0 amide bonds. The zero-order valence-electron chi connectivity index (χ0n) is 15.3. The molecule has 0 atom stereocenters. The first kappa shape index (κ1) is 25.0. The van der Waals surface area contributed by atoms with Crippen molar-refractivity contribution in [2.45, 2.75) is 36.4 Å². The zero-order chi connectivity index (χ0) is 23.7. The highest BCUT2D eigenvalue weighted by Gasteiger charge is 2.85. The van der Waals surface area contributed by atoms with Gasteiger partial charge in [0.1, 0.15) is 0 Å². The molecule has 2 aromatic carbocycles. The van der Waals surface area contributed by atoms with Gasteiger partial charge in [-0.1, -0.05) is 60.7 Å². The molecular formula is C18H14F9NO2S. The van der Waals surface area contributed by atoms with Crippen molar-refractivity contribution in [2.75, 3.05) is 0 Å². The Balaban J connectivity index is 2.56. The van der Waals surface area contributed by atoms with Crippen molar-refractivity contribution in [3.8, 4) is 0 Å².